The number of anilines is 1. The second kappa shape index (κ2) is 5.91. The van der Waals surface area contributed by atoms with Gasteiger partial charge in [0.15, 0.2) is 0 Å². The van der Waals surface area contributed by atoms with Crippen LogP contribution in [0.4, 0.5) is 5.69 Å². The Kier molecular flexibility index (Phi) is 3.90. The topological polar surface area (TPSA) is 50.4 Å². The van der Waals surface area contributed by atoms with Gasteiger partial charge in [-0.25, -0.2) is 0 Å². The van der Waals surface area contributed by atoms with Crippen LogP contribution < -0.4 is 10.6 Å². The number of nitrogens with one attached hydrogen (secondary N) is 2. The molecule has 3 aliphatic rings. The third-order valence-corrected chi connectivity index (χ3v) is 6.05. The predicted octanol–water partition coefficient (Wildman–Crippen LogP) is 2.95. The minimum atomic E-state index is 0.0809. The van der Waals surface area contributed by atoms with Gasteiger partial charge in [0.1, 0.15) is 0 Å². The maximum absolute atomic E-state index is 12.2. The largest absolute Gasteiger partial charge is 0.377 e. The van der Waals surface area contributed by atoms with E-state index >= 15 is 0 Å². The maximum atomic E-state index is 12.2. The molecule has 1 amide bonds. The fraction of sp³-hybridized carbons (Fsp3) is 0.632. The third kappa shape index (κ3) is 2.58. The quantitative estimate of drug-likeness (QED) is 0.878. The molecule has 4 nitrogen and oxygen atoms in total. The molecule has 1 aromatic rings. The summed E-state index contributed by atoms with van der Waals surface area (Å²) in [6, 6.07) is 10.4. The van der Waals surface area contributed by atoms with Crippen molar-refractivity contribution in [3.63, 3.8) is 0 Å². The van der Waals surface area contributed by atoms with E-state index in [9.17, 15) is 4.79 Å². The molecular formula is C19H26N2O2. The second-order valence-corrected chi connectivity index (χ2v) is 7.49. The molecule has 1 spiro atoms. The minimum absolute atomic E-state index is 0.0809. The monoisotopic (exact) mass is 314 g/mol. The van der Waals surface area contributed by atoms with Crippen LogP contribution in [-0.4, -0.2) is 30.7 Å². The van der Waals surface area contributed by atoms with Crippen molar-refractivity contribution < 1.29 is 9.53 Å². The van der Waals surface area contributed by atoms with Crippen molar-refractivity contribution in [1.82, 2.24) is 5.32 Å². The molecule has 124 valence electrons. The van der Waals surface area contributed by atoms with Gasteiger partial charge in [-0.05, 0) is 38.3 Å². The Morgan fingerprint density at radius 1 is 1.35 bits per heavy atom. The average molecular weight is 314 g/mol. The van der Waals surface area contributed by atoms with Gasteiger partial charge in [0.05, 0.1) is 6.10 Å². The highest BCUT2D eigenvalue weighted by Crippen LogP contribution is 2.62. The minimum Gasteiger partial charge on any atom is -0.377 e. The number of amides is 1. The van der Waals surface area contributed by atoms with Crippen molar-refractivity contribution in [2.75, 3.05) is 11.9 Å². The molecule has 0 aromatic heterocycles. The van der Waals surface area contributed by atoms with E-state index in [1.807, 2.05) is 30.3 Å². The maximum Gasteiger partial charge on any atom is 0.225 e. The fourth-order valence-corrected chi connectivity index (χ4v) is 4.87. The Balaban J connectivity index is 1.31. The lowest BCUT2D eigenvalue weighted by Crippen LogP contribution is -2.72. The van der Waals surface area contributed by atoms with E-state index in [1.54, 1.807) is 0 Å². The summed E-state index contributed by atoms with van der Waals surface area (Å²) in [5.74, 6) is 0.743. The lowest BCUT2D eigenvalue weighted by molar-refractivity contribution is -0.178. The highest BCUT2D eigenvalue weighted by Gasteiger charge is 2.66. The van der Waals surface area contributed by atoms with Gasteiger partial charge in [0, 0.05) is 42.1 Å². The van der Waals surface area contributed by atoms with Crippen LogP contribution in [0.5, 0.6) is 0 Å². The SMILES string of the molecule is CC(CC(=O)Nc1ccccc1)NC1C2CCOC2C12CCC2. The number of carbonyl (C=O) groups excluding carboxylic acids is 1. The second-order valence-electron chi connectivity index (χ2n) is 7.49. The van der Waals surface area contributed by atoms with E-state index in [2.05, 4.69) is 17.6 Å². The first kappa shape index (κ1) is 15.2. The summed E-state index contributed by atoms with van der Waals surface area (Å²) in [5.41, 5.74) is 1.25. The number of para-hydroxylation sites is 1. The van der Waals surface area contributed by atoms with Gasteiger partial charge in [-0.3, -0.25) is 4.79 Å². The normalized spacial score (nSPS) is 31.8. The summed E-state index contributed by atoms with van der Waals surface area (Å²) in [7, 11) is 0. The standard InChI is InChI=1S/C19H26N2O2/c1-13(12-16(22)21-14-6-3-2-4-7-14)20-17-15-8-11-23-18(15)19(17)9-5-10-19/h2-4,6-7,13,15,17-18,20H,5,8-12H2,1H3,(H,21,22). The van der Waals surface area contributed by atoms with Crippen molar-refractivity contribution in [2.24, 2.45) is 11.3 Å². The molecule has 1 aromatic carbocycles. The number of benzene rings is 1. The first-order valence-corrected chi connectivity index (χ1v) is 8.92. The smallest absolute Gasteiger partial charge is 0.225 e. The van der Waals surface area contributed by atoms with Gasteiger partial charge in [-0.1, -0.05) is 24.6 Å². The first-order valence-electron chi connectivity index (χ1n) is 8.92. The Hall–Kier alpha value is -1.39. The van der Waals surface area contributed by atoms with Crippen LogP contribution in [0.3, 0.4) is 0 Å². The Morgan fingerprint density at radius 3 is 2.83 bits per heavy atom. The van der Waals surface area contributed by atoms with Crippen LogP contribution in [0.25, 0.3) is 0 Å². The van der Waals surface area contributed by atoms with Crippen molar-refractivity contribution in [1.29, 1.82) is 0 Å². The summed E-state index contributed by atoms with van der Waals surface area (Å²) in [5, 5.41) is 6.73. The average Bonchev–Trinajstić information content (AvgIpc) is 2.89. The number of rotatable bonds is 5. The van der Waals surface area contributed by atoms with Crippen molar-refractivity contribution in [2.45, 2.75) is 57.2 Å². The van der Waals surface area contributed by atoms with Gasteiger partial charge in [0.2, 0.25) is 5.91 Å². The number of fused-ring (bicyclic) bond motifs is 2. The van der Waals surface area contributed by atoms with E-state index in [0.29, 0.717) is 29.9 Å². The lowest BCUT2D eigenvalue weighted by Gasteiger charge is -2.64. The molecule has 2 saturated carbocycles. The van der Waals surface area contributed by atoms with E-state index in [1.165, 1.54) is 25.7 Å². The Bertz CT molecular complexity index is 570. The predicted molar refractivity (Wildman–Crippen MR) is 90.2 cm³/mol. The molecule has 4 unspecified atom stereocenters. The van der Waals surface area contributed by atoms with Crippen LogP contribution in [0.2, 0.25) is 0 Å². The van der Waals surface area contributed by atoms with E-state index < -0.39 is 0 Å². The van der Waals surface area contributed by atoms with Crippen LogP contribution >= 0.6 is 0 Å². The summed E-state index contributed by atoms with van der Waals surface area (Å²) >= 11 is 0. The van der Waals surface area contributed by atoms with Gasteiger partial charge < -0.3 is 15.4 Å². The van der Waals surface area contributed by atoms with Gasteiger partial charge in [-0.15, -0.1) is 0 Å². The molecule has 1 saturated heterocycles. The highest BCUT2D eigenvalue weighted by atomic mass is 16.5. The molecule has 4 heteroatoms. The number of ether oxygens (including phenoxy) is 1. The van der Waals surface area contributed by atoms with Crippen molar-refractivity contribution in [3.8, 4) is 0 Å². The molecule has 0 bridgehead atoms. The van der Waals surface area contributed by atoms with Gasteiger partial charge >= 0.3 is 0 Å². The highest BCUT2D eigenvalue weighted by molar-refractivity contribution is 5.91. The summed E-state index contributed by atoms with van der Waals surface area (Å²) in [6.45, 7) is 3.04. The van der Waals surface area contributed by atoms with E-state index in [-0.39, 0.29) is 11.9 Å². The number of hydrogen-bond donors (Lipinski definition) is 2. The third-order valence-electron chi connectivity index (χ3n) is 6.05. The number of carbonyl (C=O) groups is 1. The molecular weight excluding hydrogens is 288 g/mol. The molecule has 1 aliphatic heterocycles. The van der Waals surface area contributed by atoms with E-state index in [0.717, 1.165) is 12.3 Å². The molecule has 1 heterocycles. The molecule has 2 N–H and O–H groups in total. The lowest BCUT2D eigenvalue weighted by atomic mass is 9.46. The Morgan fingerprint density at radius 2 is 2.13 bits per heavy atom. The Labute approximate surface area is 138 Å². The van der Waals surface area contributed by atoms with Crippen molar-refractivity contribution in [3.05, 3.63) is 30.3 Å². The molecule has 4 rings (SSSR count). The van der Waals surface area contributed by atoms with Crippen molar-refractivity contribution >= 4 is 11.6 Å². The fourth-order valence-electron chi connectivity index (χ4n) is 4.87. The summed E-state index contributed by atoms with van der Waals surface area (Å²) in [6.07, 6.45) is 6.07. The summed E-state index contributed by atoms with van der Waals surface area (Å²) < 4.78 is 5.96. The molecule has 23 heavy (non-hydrogen) atoms. The van der Waals surface area contributed by atoms with Crippen LogP contribution in [0.15, 0.2) is 30.3 Å². The van der Waals surface area contributed by atoms with Crippen LogP contribution in [-0.2, 0) is 9.53 Å². The molecule has 2 aliphatic carbocycles. The van der Waals surface area contributed by atoms with Gasteiger partial charge in [0.25, 0.3) is 0 Å². The van der Waals surface area contributed by atoms with E-state index in [4.69, 9.17) is 4.74 Å². The molecule has 0 radical (unpaired) electrons. The van der Waals surface area contributed by atoms with Crippen LogP contribution in [0.1, 0.15) is 39.0 Å². The van der Waals surface area contributed by atoms with Crippen LogP contribution in [0, 0.1) is 11.3 Å². The zero-order valence-corrected chi connectivity index (χ0v) is 13.8. The number of hydrogen-bond acceptors (Lipinski definition) is 3. The molecule has 4 atom stereocenters. The summed E-state index contributed by atoms with van der Waals surface area (Å²) in [4.78, 5) is 12.2. The zero-order chi connectivity index (χ0) is 15.9. The zero-order valence-electron chi connectivity index (χ0n) is 13.8. The molecule has 3 fully saturated rings. The van der Waals surface area contributed by atoms with Gasteiger partial charge in [-0.2, -0.15) is 0 Å². The first-order chi connectivity index (χ1) is 11.2.